The molecule has 0 amide bonds. The monoisotopic (exact) mass is 1750 g/mol. The predicted molar refractivity (Wildman–Crippen MR) is 567 cm³/mol. The van der Waals surface area contributed by atoms with Crippen molar-refractivity contribution in [1.29, 1.82) is 0 Å². The molecule has 20 aromatic carbocycles. The van der Waals surface area contributed by atoms with Gasteiger partial charge in [-0.3, -0.25) is 0 Å². The van der Waals surface area contributed by atoms with E-state index in [1.165, 1.54) is 105 Å². The molecule has 0 aliphatic rings. The summed E-state index contributed by atoms with van der Waals surface area (Å²) >= 11 is -4.42. The summed E-state index contributed by atoms with van der Waals surface area (Å²) in [7, 11) is 0. The molecule has 4 heterocycles. The molecule has 0 saturated carbocycles. The van der Waals surface area contributed by atoms with Crippen LogP contribution < -0.4 is 17.6 Å². The third-order valence-electron chi connectivity index (χ3n) is 27.0. The number of hydrogen-bond acceptors (Lipinski definition) is 0. The summed E-state index contributed by atoms with van der Waals surface area (Å²) in [6.45, 7) is 0. The summed E-state index contributed by atoms with van der Waals surface area (Å²) in [5, 5.41) is 9.96. The molecular weight excluding hydrogens is 1670 g/mol. The van der Waals surface area contributed by atoms with Gasteiger partial charge in [-0.05, 0) is 48.5 Å². The quantitative estimate of drug-likeness (QED) is 0.0535. The fraction of sp³-hybridized carbons (Fsp3) is 0. The molecule has 0 atom stereocenters. The van der Waals surface area contributed by atoms with E-state index in [0.717, 1.165) is 112 Å². The Hall–Kier alpha value is -16.9. The van der Waals surface area contributed by atoms with E-state index in [1.807, 2.05) is 0 Å². The van der Waals surface area contributed by atoms with E-state index in [4.69, 9.17) is 0 Å². The molecule has 624 valence electrons. The molecule has 133 heavy (non-hydrogen) atoms. The van der Waals surface area contributed by atoms with Crippen LogP contribution in [0.15, 0.2) is 510 Å². The molecule has 0 aliphatic heterocycles. The fourth-order valence-electron chi connectivity index (χ4n) is 20.8. The standard InChI is InChI=1S/C128H88GeN4/c1-5-29-93(30-6-1)117(85-89-53-77-105(78-54-89)130-121-45-21-13-37-109(121)110-38-14-22-46-122(110)130)97-61-69-101(70-62-97)129(102-71-63-98(64-72-102)118(94-31-7-2-8-32-94)86-90-55-79-106(80-56-90)131-123-47-23-15-39-111(123)112-40-16-24-48-124(112)131,103-73-65-99(66-74-103)119(95-33-9-3-10-34-95)87-91-57-81-107(82-58-91)132-125-49-25-17-41-113(125)114-42-18-26-50-126(114)132)104-75-67-100(68-76-104)120(96-35-11-4-12-36-96)88-92-59-83-108(84-60-92)133-127-51-27-19-43-115(127)116-44-20-28-52-128(116)133/h1-88H/b117-85+,118-86+,119-87+,120-88+. The van der Waals surface area contributed by atoms with Crippen molar-refractivity contribution < 1.29 is 0 Å². The predicted octanol–water partition coefficient (Wildman–Crippen LogP) is 29.8. The van der Waals surface area contributed by atoms with E-state index >= 15 is 0 Å². The van der Waals surface area contributed by atoms with Crippen LogP contribution in [-0.4, -0.2) is 31.5 Å². The topological polar surface area (TPSA) is 19.7 Å². The van der Waals surface area contributed by atoms with E-state index in [9.17, 15) is 0 Å². The van der Waals surface area contributed by atoms with Crippen molar-refractivity contribution in [2.75, 3.05) is 0 Å². The first-order valence-corrected chi connectivity index (χ1v) is 50.0. The zero-order valence-electron chi connectivity index (χ0n) is 73.1. The molecule has 0 radical (unpaired) electrons. The van der Waals surface area contributed by atoms with Gasteiger partial charge in [0, 0.05) is 43.1 Å². The molecule has 24 aromatic rings. The second-order valence-corrected chi connectivity index (χ2v) is 42.6. The maximum absolute atomic E-state index is 4.42. The number of hydrogen-bond donors (Lipinski definition) is 0. The van der Waals surface area contributed by atoms with Crippen molar-refractivity contribution in [2.24, 2.45) is 0 Å². The van der Waals surface area contributed by atoms with Crippen molar-refractivity contribution >= 4 is 165 Å². The van der Waals surface area contributed by atoms with Gasteiger partial charge < -0.3 is 0 Å². The Labute approximate surface area is 776 Å². The Kier molecular flexibility index (Phi) is 20.5. The van der Waals surface area contributed by atoms with Gasteiger partial charge in [0.2, 0.25) is 0 Å². The van der Waals surface area contributed by atoms with Gasteiger partial charge >= 0.3 is 545 Å². The molecule has 0 saturated heterocycles. The van der Waals surface area contributed by atoms with Crippen LogP contribution in [0.25, 0.3) is 157 Å². The van der Waals surface area contributed by atoms with E-state index < -0.39 is 13.3 Å². The molecule has 0 aliphatic carbocycles. The summed E-state index contributed by atoms with van der Waals surface area (Å²) in [6.07, 6.45) is 9.50. The van der Waals surface area contributed by atoms with Crippen LogP contribution in [0.2, 0.25) is 0 Å². The minimum atomic E-state index is -4.42. The van der Waals surface area contributed by atoms with Crippen LogP contribution in [0.5, 0.6) is 0 Å². The van der Waals surface area contributed by atoms with Crippen molar-refractivity contribution in [3.05, 3.63) is 576 Å². The first-order chi connectivity index (χ1) is 65.9. The van der Waals surface area contributed by atoms with Gasteiger partial charge in [-0.25, -0.2) is 0 Å². The molecule has 0 unspecified atom stereocenters. The summed E-state index contributed by atoms with van der Waals surface area (Å²) in [5.74, 6) is 0. The molecule has 4 aromatic heterocycles. The summed E-state index contributed by atoms with van der Waals surface area (Å²) in [4.78, 5) is 0. The number of fused-ring (bicyclic) bond motifs is 12. The van der Waals surface area contributed by atoms with E-state index in [2.05, 4.69) is 552 Å². The Morgan fingerprint density at radius 2 is 0.278 bits per heavy atom. The first-order valence-electron chi connectivity index (χ1n) is 45.8. The molecule has 24 rings (SSSR count). The maximum atomic E-state index is 2.49. The van der Waals surface area contributed by atoms with Gasteiger partial charge in [-0.1, -0.05) is 146 Å². The van der Waals surface area contributed by atoms with Crippen LogP contribution in [-0.2, 0) is 0 Å². The van der Waals surface area contributed by atoms with Crippen LogP contribution in [0.1, 0.15) is 66.8 Å². The fourth-order valence-corrected chi connectivity index (χ4v) is 30.5. The molecular formula is C128H88GeN4. The van der Waals surface area contributed by atoms with E-state index in [0.29, 0.717) is 0 Å². The SMILES string of the molecule is C(=C(/c1ccccc1)c1cc[c]([Ge]([c]2ccc(/C(=C/c3ccc(-n4c5ccccc5c5ccccc54)cc3)c3ccccc3)cc2)([c]2ccc(/C(=C/c3ccc(-n4c5ccccc5c5ccccc54)cc3)c3ccccc3)cc2)[c]2ccc(/C(=C/c3ccc(-n4c5ccccc5c5ccccc54)cc3)c3ccccc3)cc2)cc1)/c1ccc(-n2c3ccccc3c3ccccc32)cc1. The van der Waals surface area contributed by atoms with E-state index in [-0.39, 0.29) is 0 Å². The number of rotatable bonds is 20. The van der Waals surface area contributed by atoms with Gasteiger partial charge in [0.1, 0.15) is 0 Å². The first kappa shape index (κ1) is 79.5. The van der Waals surface area contributed by atoms with Crippen LogP contribution in [0.4, 0.5) is 0 Å². The van der Waals surface area contributed by atoms with Crippen LogP contribution in [0.3, 0.4) is 0 Å². The Morgan fingerprint density at radius 1 is 0.135 bits per heavy atom. The second kappa shape index (κ2) is 34.3. The normalized spacial score (nSPS) is 12.4. The van der Waals surface area contributed by atoms with Gasteiger partial charge in [-0.15, -0.1) is 0 Å². The molecule has 0 fully saturated rings. The Balaban J connectivity index is 0.681. The molecule has 5 heteroatoms. The number of nitrogens with zero attached hydrogens (tertiary/aromatic N) is 4. The van der Waals surface area contributed by atoms with Crippen molar-refractivity contribution in [1.82, 2.24) is 18.3 Å². The summed E-state index contributed by atoms with van der Waals surface area (Å²) in [5.41, 5.74) is 32.0. The summed E-state index contributed by atoms with van der Waals surface area (Å²) in [6, 6.07) is 189. The van der Waals surface area contributed by atoms with Crippen molar-refractivity contribution in [3.8, 4) is 22.7 Å². The number of para-hydroxylation sites is 8. The van der Waals surface area contributed by atoms with Gasteiger partial charge in [0.15, 0.2) is 0 Å². The Morgan fingerprint density at radius 3 is 0.444 bits per heavy atom. The molecule has 0 spiro atoms. The zero-order valence-corrected chi connectivity index (χ0v) is 75.2. The molecule has 0 N–H and O–H groups in total. The second-order valence-electron chi connectivity index (χ2n) is 34.6. The van der Waals surface area contributed by atoms with E-state index in [1.54, 1.807) is 0 Å². The van der Waals surface area contributed by atoms with Crippen LogP contribution >= 0.6 is 0 Å². The van der Waals surface area contributed by atoms with Gasteiger partial charge in [-0.2, -0.15) is 0 Å². The molecule has 4 nitrogen and oxygen atoms in total. The third-order valence-corrected chi connectivity index (χ3v) is 37.1. The minimum absolute atomic E-state index is 1.11. The average molecular weight is 1750 g/mol. The third kappa shape index (κ3) is 14.5. The zero-order chi connectivity index (χ0) is 88.1. The molecule has 0 bridgehead atoms. The number of aromatic nitrogens is 4. The van der Waals surface area contributed by atoms with Gasteiger partial charge in [0.05, 0.1) is 0 Å². The Bertz CT molecular complexity index is 7380. The van der Waals surface area contributed by atoms with Gasteiger partial charge in [0.25, 0.3) is 0 Å². The average Bonchev–Trinajstić information content (AvgIpc) is 1.71. The van der Waals surface area contributed by atoms with Crippen molar-refractivity contribution in [2.45, 2.75) is 0 Å². The summed E-state index contributed by atoms with van der Waals surface area (Å²) < 4.78 is 14.8. The number of benzene rings is 20. The van der Waals surface area contributed by atoms with Crippen molar-refractivity contribution in [3.63, 3.8) is 0 Å². The van der Waals surface area contributed by atoms with Crippen LogP contribution in [0, 0.1) is 0 Å².